The van der Waals surface area contributed by atoms with E-state index in [1.54, 1.807) is 24.3 Å². The molecule has 2 aliphatic heterocycles. The maximum absolute atomic E-state index is 13.9. The predicted octanol–water partition coefficient (Wildman–Crippen LogP) is 3.82. The molecule has 2 aromatic carbocycles. The zero-order valence-corrected chi connectivity index (χ0v) is 18.5. The van der Waals surface area contributed by atoms with Crippen molar-refractivity contribution in [2.45, 2.75) is 56.8 Å². The molecule has 2 heterocycles. The van der Waals surface area contributed by atoms with Crippen molar-refractivity contribution in [1.29, 1.82) is 0 Å². The molecule has 0 bridgehead atoms. The SMILES string of the molecule is Cc1ccc([C@H]2OC3(C(=O)c4ccccc4C3=O)[C@@H]3C(=O)N(C4CCCCC4)C(=O)[C@@H]23)cc1. The number of benzene rings is 2. The van der Waals surface area contributed by atoms with Gasteiger partial charge in [-0.3, -0.25) is 24.1 Å². The number of carbonyl (C=O) groups excluding carboxylic acids is 4. The van der Waals surface area contributed by atoms with Crippen LogP contribution in [0.1, 0.15) is 70.1 Å². The Morgan fingerprint density at radius 3 is 2.03 bits per heavy atom. The quantitative estimate of drug-likeness (QED) is 0.521. The van der Waals surface area contributed by atoms with Crippen LogP contribution in [0.15, 0.2) is 48.5 Å². The normalized spacial score (nSPS) is 28.6. The average Bonchev–Trinajstić information content (AvgIpc) is 3.40. The summed E-state index contributed by atoms with van der Waals surface area (Å²) in [6.45, 7) is 1.96. The standard InChI is InChI=1S/C27H25NO5/c1-15-11-13-16(14-12-15)22-20-21(26(32)28(25(20)31)17-7-3-2-4-8-17)27(33-22)23(29)18-9-5-6-10-19(18)24(27)30/h5-6,9-14,17,20-22H,2-4,7-8H2,1H3/t20-,21+,22-/m1/s1. The molecule has 3 atom stereocenters. The zero-order chi connectivity index (χ0) is 22.9. The Balaban J connectivity index is 1.50. The second kappa shape index (κ2) is 7.19. The fraction of sp³-hybridized carbons (Fsp3) is 0.407. The number of hydrogen-bond acceptors (Lipinski definition) is 5. The molecule has 6 heteroatoms. The third-order valence-corrected chi connectivity index (χ3v) is 7.90. The van der Waals surface area contributed by atoms with Crippen molar-refractivity contribution in [3.05, 3.63) is 70.8 Å². The van der Waals surface area contributed by atoms with E-state index in [1.165, 1.54) is 4.90 Å². The number of carbonyl (C=O) groups is 4. The van der Waals surface area contributed by atoms with Gasteiger partial charge in [-0.05, 0) is 25.3 Å². The number of fused-ring (bicyclic) bond motifs is 3. The summed E-state index contributed by atoms with van der Waals surface area (Å²) in [5, 5.41) is 0. The second-order valence-corrected chi connectivity index (χ2v) is 9.73. The maximum Gasteiger partial charge on any atom is 0.237 e. The number of imide groups is 1. The van der Waals surface area contributed by atoms with E-state index in [9.17, 15) is 19.2 Å². The van der Waals surface area contributed by atoms with E-state index < -0.39 is 41.0 Å². The Morgan fingerprint density at radius 2 is 1.42 bits per heavy atom. The largest absolute Gasteiger partial charge is 0.349 e. The van der Waals surface area contributed by atoms with Gasteiger partial charge in [-0.1, -0.05) is 73.4 Å². The Bertz CT molecular complexity index is 1160. The first-order valence-corrected chi connectivity index (χ1v) is 11.7. The molecule has 6 nitrogen and oxygen atoms in total. The van der Waals surface area contributed by atoms with Crippen LogP contribution in [0.25, 0.3) is 0 Å². The first-order valence-electron chi connectivity index (χ1n) is 11.7. The molecule has 1 saturated carbocycles. The van der Waals surface area contributed by atoms with E-state index in [-0.39, 0.29) is 23.1 Å². The number of hydrogen-bond donors (Lipinski definition) is 0. The fourth-order valence-electron chi connectivity index (χ4n) is 6.30. The topological polar surface area (TPSA) is 80.8 Å². The van der Waals surface area contributed by atoms with Crippen LogP contribution in [0.5, 0.6) is 0 Å². The summed E-state index contributed by atoms with van der Waals surface area (Å²) in [6, 6.07) is 13.9. The summed E-state index contributed by atoms with van der Waals surface area (Å²) in [7, 11) is 0. The molecule has 3 fully saturated rings. The van der Waals surface area contributed by atoms with Crippen LogP contribution in [0.4, 0.5) is 0 Å². The van der Waals surface area contributed by atoms with Gasteiger partial charge in [0.1, 0.15) is 0 Å². The summed E-state index contributed by atoms with van der Waals surface area (Å²) < 4.78 is 6.32. The molecule has 0 aromatic heterocycles. The summed E-state index contributed by atoms with van der Waals surface area (Å²) in [5.74, 6) is -3.76. The van der Waals surface area contributed by atoms with E-state index in [4.69, 9.17) is 4.74 Å². The van der Waals surface area contributed by atoms with Crippen molar-refractivity contribution >= 4 is 23.4 Å². The molecule has 4 aliphatic rings. The van der Waals surface area contributed by atoms with Crippen LogP contribution in [-0.2, 0) is 14.3 Å². The van der Waals surface area contributed by atoms with Gasteiger partial charge >= 0.3 is 0 Å². The van der Waals surface area contributed by atoms with Crippen molar-refractivity contribution in [2.75, 3.05) is 0 Å². The lowest BCUT2D eigenvalue weighted by atomic mass is 9.77. The fourth-order valence-corrected chi connectivity index (χ4v) is 6.30. The number of likely N-dealkylation sites (tertiary alicyclic amines) is 1. The van der Waals surface area contributed by atoms with Crippen LogP contribution in [0, 0.1) is 18.8 Å². The van der Waals surface area contributed by atoms with Gasteiger partial charge in [0.25, 0.3) is 0 Å². The van der Waals surface area contributed by atoms with Gasteiger partial charge in [0, 0.05) is 17.2 Å². The molecule has 1 spiro atoms. The lowest BCUT2D eigenvalue weighted by Crippen LogP contribution is -2.52. The summed E-state index contributed by atoms with van der Waals surface area (Å²) in [6.07, 6.45) is 3.71. The maximum atomic E-state index is 13.9. The first-order chi connectivity index (χ1) is 15.9. The van der Waals surface area contributed by atoms with Crippen LogP contribution in [0.3, 0.4) is 0 Å². The second-order valence-electron chi connectivity index (χ2n) is 9.73. The van der Waals surface area contributed by atoms with Gasteiger partial charge in [-0.15, -0.1) is 0 Å². The van der Waals surface area contributed by atoms with E-state index in [0.29, 0.717) is 5.56 Å². The van der Waals surface area contributed by atoms with E-state index in [0.717, 1.165) is 37.7 Å². The zero-order valence-electron chi connectivity index (χ0n) is 18.5. The summed E-state index contributed by atoms with van der Waals surface area (Å²) in [4.78, 5) is 56.4. The highest BCUT2D eigenvalue weighted by Crippen LogP contribution is 2.57. The lowest BCUT2D eigenvalue weighted by molar-refractivity contribution is -0.148. The number of aryl methyl sites for hydroxylation is 1. The Hall–Kier alpha value is -3.12. The first kappa shape index (κ1) is 20.5. The molecular weight excluding hydrogens is 418 g/mol. The Morgan fingerprint density at radius 1 is 0.818 bits per heavy atom. The monoisotopic (exact) mass is 443 g/mol. The minimum atomic E-state index is -1.97. The summed E-state index contributed by atoms with van der Waals surface area (Å²) >= 11 is 0. The van der Waals surface area contributed by atoms with E-state index >= 15 is 0 Å². The number of nitrogens with zero attached hydrogens (tertiary/aromatic N) is 1. The molecule has 2 aliphatic carbocycles. The van der Waals surface area contributed by atoms with Gasteiger partial charge in [-0.25, -0.2) is 0 Å². The van der Waals surface area contributed by atoms with Crippen LogP contribution < -0.4 is 0 Å². The van der Waals surface area contributed by atoms with Crippen LogP contribution >= 0.6 is 0 Å². The van der Waals surface area contributed by atoms with E-state index in [1.807, 2.05) is 31.2 Å². The van der Waals surface area contributed by atoms with Gasteiger partial charge < -0.3 is 4.74 Å². The van der Waals surface area contributed by atoms with Crippen molar-refractivity contribution in [3.8, 4) is 0 Å². The summed E-state index contributed by atoms with van der Waals surface area (Å²) in [5.41, 5.74) is 0.307. The molecular formula is C27H25NO5. The van der Waals surface area contributed by atoms with Gasteiger partial charge in [-0.2, -0.15) is 0 Å². The highest BCUT2D eigenvalue weighted by Gasteiger charge is 2.75. The molecule has 6 rings (SSSR count). The predicted molar refractivity (Wildman–Crippen MR) is 119 cm³/mol. The third-order valence-electron chi connectivity index (χ3n) is 7.90. The van der Waals surface area contributed by atoms with Gasteiger partial charge in [0.2, 0.25) is 29.0 Å². The molecule has 0 unspecified atom stereocenters. The number of ether oxygens (including phenoxy) is 1. The lowest BCUT2D eigenvalue weighted by Gasteiger charge is -2.33. The highest BCUT2D eigenvalue weighted by molar-refractivity contribution is 6.35. The van der Waals surface area contributed by atoms with Crippen LogP contribution in [0.2, 0.25) is 0 Å². The molecule has 0 N–H and O–H groups in total. The minimum Gasteiger partial charge on any atom is -0.349 e. The third kappa shape index (κ3) is 2.64. The van der Waals surface area contributed by atoms with Crippen molar-refractivity contribution in [2.24, 2.45) is 11.8 Å². The average molecular weight is 443 g/mol. The Kier molecular flexibility index (Phi) is 4.46. The number of ketones is 2. The van der Waals surface area contributed by atoms with Crippen molar-refractivity contribution < 1.29 is 23.9 Å². The van der Waals surface area contributed by atoms with Crippen molar-refractivity contribution in [3.63, 3.8) is 0 Å². The minimum absolute atomic E-state index is 0.172. The van der Waals surface area contributed by atoms with Gasteiger partial charge in [0.15, 0.2) is 0 Å². The molecule has 2 amide bonds. The van der Waals surface area contributed by atoms with Gasteiger partial charge in [0.05, 0.1) is 17.9 Å². The molecule has 2 aromatic rings. The Labute approximate surface area is 191 Å². The molecule has 33 heavy (non-hydrogen) atoms. The molecule has 0 radical (unpaired) electrons. The highest BCUT2D eigenvalue weighted by atomic mass is 16.5. The number of rotatable bonds is 2. The smallest absolute Gasteiger partial charge is 0.237 e. The molecule has 168 valence electrons. The molecule has 2 saturated heterocycles. The number of Topliss-reactive ketones (excluding diaryl/α,β-unsaturated/α-hetero) is 2. The number of amides is 2. The van der Waals surface area contributed by atoms with E-state index in [2.05, 4.69) is 0 Å². The van der Waals surface area contributed by atoms with Crippen molar-refractivity contribution in [1.82, 2.24) is 4.90 Å². The van der Waals surface area contributed by atoms with Crippen LogP contribution in [-0.4, -0.2) is 39.9 Å².